The van der Waals surface area contributed by atoms with Crippen LogP contribution < -0.4 is 16.0 Å². The number of nitrogens with one attached hydrogen (secondary N) is 3. The average molecular weight is 387 g/mol. The van der Waals surface area contributed by atoms with Crippen molar-refractivity contribution in [1.29, 1.82) is 0 Å². The third kappa shape index (κ3) is 7.20. The minimum Gasteiger partial charge on any atom is -0.355 e. The highest BCUT2D eigenvalue weighted by atomic mass is 19.4. The molecule has 1 aromatic heterocycles. The summed E-state index contributed by atoms with van der Waals surface area (Å²) in [6, 6.07) is 1.23. The van der Waals surface area contributed by atoms with Crippen molar-refractivity contribution >= 4 is 11.9 Å². The van der Waals surface area contributed by atoms with Crippen molar-refractivity contribution in [2.45, 2.75) is 38.4 Å². The molecule has 0 unspecified atom stereocenters. The third-order valence-corrected chi connectivity index (χ3v) is 4.34. The third-order valence-electron chi connectivity index (χ3n) is 4.34. The number of guanidine groups is 1. The predicted molar refractivity (Wildman–Crippen MR) is 99.8 cm³/mol. The van der Waals surface area contributed by atoms with Gasteiger partial charge in [0, 0.05) is 45.5 Å². The van der Waals surface area contributed by atoms with Gasteiger partial charge in [0.05, 0.1) is 0 Å². The van der Waals surface area contributed by atoms with Crippen molar-refractivity contribution in [3.63, 3.8) is 0 Å². The van der Waals surface area contributed by atoms with Crippen molar-refractivity contribution in [3.05, 3.63) is 18.0 Å². The van der Waals surface area contributed by atoms with Crippen LogP contribution in [0.4, 0.5) is 19.1 Å². The van der Waals surface area contributed by atoms with Crippen molar-refractivity contribution in [1.82, 2.24) is 25.5 Å². The molecule has 0 spiro atoms. The largest absolute Gasteiger partial charge is 0.433 e. The lowest BCUT2D eigenvalue weighted by Crippen LogP contribution is -2.49. The summed E-state index contributed by atoms with van der Waals surface area (Å²) >= 11 is 0. The Hall–Kier alpha value is -2.10. The Bertz CT molecular complexity index is 598. The van der Waals surface area contributed by atoms with Crippen LogP contribution in [-0.2, 0) is 6.18 Å². The number of likely N-dealkylation sites (tertiary alicyclic amines) is 1. The van der Waals surface area contributed by atoms with E-state index in [2.05, 4.69) is 42.7 Å². The zero-order valence-electron chi connectivity index (χ0n) is 15.8. The standard InChI is InChI=1S/C17H28F3N7/c1-3-10-27-11-5-13(6-12-27)25-15(21-2)23-8-9-24-16-22-7-4-14(26-16)17(18,19)20/h4,7,13H,3,5-6,8-12H2,1-2H3,(H2,21,23,25)(H,22,24,26). The number of alkyl halides is 3. The van der Waals surface area contributed by atoms with E-state index in [-0.39, 0.29) is 5.95 Å². The number of anilines is 1. The van der Waals surface area contributed by atoms with Gasteiger partial charge in [-0.2, -0.15) is 13.2 Å². The van der Waals surface area contributed by atoms with Crippen LogP contribution in [0.3, 0.4) is 0 Å². The molecule has 3 N–H and O–H groups in total. The van der Waals surface area contributed by atoms with Gasteiger partial charge in [-0.15, -0.1) is 0 Å². The zero-order chi connectivity index (χ0) is 19.7. The van der Waals surface area contributed by atoms with E-state index in [4.69, 9.17) is 0 Å². The van der Waals surface area contributed by atoms with Crippen molar-refractivity contribution in [2.24, 2.45) is 4.99 Å². The van der Waals surface area contributed by atoms with Crippen LogP contribution in [0.1, 0.15) is 31.9 Å². The molecule has 0 atom stereocenters. The SMILES string of the molecule is CCCN1CCC(NC(=NC)NCCNc2nccc(C(F)(F)F)n2)CC1. The first-order valence-electron chi connectivity index (χ1n) is 9.26. The second kappa shape index (κ2) is 10.3. The number of aliphatic imine (C=N–C) groups is 1. The smallest absolute Gasteiger partial charge is 0.355 e. The van der Waals surface area contributed by atoms with E-state index in [1.165, 1.54) is 6.42 Å². The van der Waals surface area contributed by atoms with Gasteiger partial charge >= 0.3 is 6.18 Å². The lowest BCUT2D eigenvalue weighted by atomic mass is 10.1. The molecular weight excluding hydrogens is 359 g/mol. The quantitative estimate of drug-likeness (QED) is 0.377. The Morgan fingerprint density at radius 2 is 2.04 bits per heavy atom. The van der Waals surface area contributed by atoms with Gasteiger partial charge in [-0.05, 0) is 31.9 Å². The summed E-state index contributed by atoms with van der Waals surface area (Å²) in [4.78, 5) is 13.9. The number of hydrogen-bond donors (Lipinski definition) is 3. The van der Waals surface area contributed by atoms with E-state index < -0.39 is 11.9 Å². The zero-order valence-corrected chi connectivity index (χ0v) is 15.8. The van der Waals surface area contributed by atoms with Gasteiger partial charge in [0.15, 0.2) is 5.96 Å². The fraction of sp³-hybridized carbons (Fsp3) is 0.706. The van der Waals surface area contributed by atoms with Gasteiger partial charge in [0.1, 0.15) is 5.69 Å². The van der Waals surface area contributed by atoms with Crippen LogP contribution in [0.2, 0.25) is 0 Å². The lowest BCUT2D eigenvalue weighted by Gasteiger charge is -2.32. The first-order chi connectivity index (χ1) is 12.9. The fourth-order valence-electron chi connectivity index (χ4n) is 2.96. The van der Waals surface area contributed by atoms with E-state index in [0.717, 1.165) is 44.7 Å². The monoisotopic (exact) mass is 387 g/mol. The minimum atomic E-state index is -4.48. The summed E-state index contributed by atoms with van der Waals surface area (Å²) < 4.78 is 37.9. The molecule has 152 valence electrons. The van der Waals surface area contributed by atoms with Crippen LogP contribution in [0.25, 0.3) is 0 Å². The van der Waals surface area contributed by atoms with Crippen LogP contribution >= 0.6 is 0 Å². The van der Waals surface area contributed by atoms with Crippen molar-refractivity contribution in [3.8, 4) is 0 Å². The number of rotatable bonds is 7. The molecule has 0 amide bonds. The van der Waals surface area contributed by atoms with Crippen LogP contribution in [-0.4, -0.2) is 66.6 Å². The Balaban J connectivity index is 1.70. The van der Waals surface area contributed by atoms with E-state index >= 15 is 0 Å². The van der Waals surface area contributed by atoms with Gasteiger partial charge in [-0.3, -0.25) is 4.99 Å². The molecule has 1 saturated heterocycles. The first-order valence-corrected chi connectivity index (χ1v) is 9.26. The highest BCUT2D eigenvalue weighted by molar-refractivity contribution is 5.80. The molecule has 1 aromatic rings. The van der Waals surface area contributed by atoms with Crippen molar-refractivity contribution in [2.75, 3.05) is 45.1 Å². The second-order valence-electron chi connectivity index (χ2n) is 6.45. The minimum absolute atomic E-state index is 0.0436. The van der Waals surface area contributed by atoms with E-state index in [9.17, 15) is 13.2 Å². The maximum atomic E-state index is 12.6. The maximum Gasteiger partial charge on any atom is 0.433 e. The molecule has 27 heavy (non-hydrogen) atoms. The molecule has 1 fully saturated rings. The summed E-state index contributed by atoms with van der Waals surface area (Å²) in [7, 11) is 1.70. The number of nitrogens with zero attached hydrogens (tertiary/aromatic N) is 4. The summed E-state index contributed by atoms with van der Waals surface area (Å²) in [6.45, 7) is 6.34. The highest BCUT2D eigenvalue weighted by Crippen LogP contribution is 2.27. The topological polar surface area (TPSA) is 77.5 Å². The first kappa shape index (κ1) is 21.2. The number of piperidine rings is 1. The molecule has 1 aliphatic rings. The lowest BCUT2D eigenvalue weighted by molar-refractivity contribution is -0.141. The Kier molecular flexibility index (Phi) is 8.08. The fourth-order valence-corrected chi connectivity index (χ4v) is 2.96. The van der Waals surface area contributed by atoms with Gasteiger partial charge in [0.2, 0.25) is 5.95 Å². The highest BCUT2D eigenvalue weighted by Gasteiger charge is 2.32. The second-order valence-corrected chi connectivity index (χ2v) is 6.45. The molecule has 10 heteroatoms. The molecule has 7 nitrogen and oxygen atoms in total. The summed E-state index contributed by atoms with van der Waals surface area (Å²) in [5, 5.41) is 9.34. The van der Waals surface area contributed by atoms with Gasteiger partial charge in [-0.1, -0.05) is 6.92 Å². The van der Waals surface area contributed by atoms with E-state index in [0.29, 0.717) is 25.1 Å². The molecule has 0 aliphatic carbocycles. The molecule has 2 heterocycles. The van der Waals surface area contributed by atoms with Crippen LogP contribution in [0.5, 0.6) is 0 Å². The van der Waals surface area contributed by atoms with Gasteiger partial charge in [0.25, 0.3) is 0 Å². The Morgan fingerprint density at radius 1 is 1.30 bits per heavy atom. The van der Waals surface area contributed by atoms with Gasteiger partial charge in [-0.25, -0.2) is 9.97 Å². The average Bonchev–Trinajstić information content (AvgIpc) is 2.65. The molecule has 0 bridgehead atoms. The molecule has 0 radical (unpaired) electrons. The molecule has 1 aliphatic heterocycles. The molecular formula is C17H28F3N7. The Labute approximate surface area is 157 Å². The molecule has 2 rings (SSSR count). The maximum absolute atomic E-state index is 12.6. The Morgan fingerprint density at radius 3 is 2.67 bits per heavy atom. The summed E-state index contributed by atoms with van der Waals surface area (Å²) in [5.41, 5.74) is -0.958. The molecule has 0 saturated carbocycles. The summed E-state index contributed by atoms with van der Waals surface area (Å²) in [6.07, 6.45) is -0.0782. The van der Waals surface area contributed by atoms with Crippen LogP contribution in [0, 0.1) is 0 Å². The predicted octanol–water partition coefficient (Wildman–Crippen LogP) is 1.95. The van der Waals surface area contributed by atoms with E-state index in [1.54, 1.807) is 7.05 Å². The normalized spacial score (nSPS) is 17.0. The number of aromatic nitrogens is 2. The van der Waals surface area contributed by atoms with Crippen LogP contribution in [0.15, 0.2) is 17.3 Å². The van der Waals surface area contributed by atoms with E-state index in [1.807, 2.05) is 0 Å². The number of hydrogen-bond acceptors (Lipinski definition) is 5. The van der Waals surface area contributed by atoms with Gasteiger partial charge < -0.3 is 20.9 Å². The summed E-state index contributed by atoms with van der Waals surface area (Å²) in [5.74, 6) is 0.647. The van der Waals surface area contributed by atoms with Crippen molar-refractivity contribution < 1.29 is 13.2 Å². The molecule has 0 aromatic carbocycles. The number of halogens is 3.